The summed E-state index contributed by atoms with van der Waals surface area (Å²) >= 11 is 0. The molecule has 12 heavy (non-hydrogen) atoms. The van der Waals surface area contributed by atoms with Gasteiger partial charge < -0.3 is 0 Å². The number of sulfonamides is 1. The Bertz CT molecular complexity index is 335. The van der Waals surface area contributed by atoms with Crippen LogP contribution in [0.15, 0.2) is 18.7 Å². The fourth-order valence-corrected chi connectivity index (χ4v) is 1.43. The van der Waals surface area contributed by atoms with E-state index in [0.717, 1.165) is 0 Å². The molecular weight excluding hydrogens is 178 g/mol. The Morgan fingerprint density at radius 2 is 2.00 bits per heavy atom. The number of hydrogen-bond donors (Lipinski definition) is 1. The van der Waals surface area contributed by atoms with E-state index in [1.54, 1.807) is 0 Å². The molecule has 0 saturated carbocycles. The first-order valence-electron chi connectivity index (χ1n) is 3.29. The summed E-state index contributed by atoms with van der Waals surface area (Å²) in [7, 11) is -1.83. The number of nitrogens with one attached hydrogen (secondary N) is 1. The molecule has 0 aliphatic carbocycles. The molecule has 0 atom stereocenters. The van der Waals surface area contributed by atoms with Gasteiger partial charge in [-0.2, -0.15) is 0 Å². The second-order valence-electron chi connectivity index (χ2n) is 2.21. The first kappa shape index (κ1) is 9.08. The molecule has 0 spiro atoms. The molecule has 0 unspecified atom stereocenters. The highest BCUT2D eigenvalue weighted by Gasteiger charge is 2.07. The van der Waals surface area contributed by atoms with Crippen molar-refractivity contribution in [2.75, 3.05) is 7.05 Å². The Morgan fingerprint density at radius 1 is 1.42 bits per heavy atom. The molecule has 1 N–H and O–H groups in total. The molecule has 0 amide bonds. The van der Waals surface area contributed by atoms with Crippen LogP contribution in [-0.2, 0) is 15.8 Å². The quantitative estimate of drug-likeness (QED) is 0.694. The van der Waals surface area contributed by atoms with Gasteiger partial charge in [0, 0.05) is 18.0 Å². The second-order valence-corrected chi connectivity index (χ2v) is 4.14. The van der Waals surface area contributed by atoms with Crippen LogP contribution in [0.25, 0.3) is 0 Å². The zero-order chi connectivity index (χ0) is 9.03. The van der Waals surface area contributed by atoms with Crippen LogP contribution >= 0.6 is 0 Å². The Hall–Kier alpha value is -1.01. The maximum Gasteiger partial charge on any atom is 0.215 e. The van der Waals surface area contributed by atoms with Crippen molar-refractivity contribution in [3.63, 3.8) is 0 Å². The van der Waals surface area contributed by atoms with Crippen molar-refractivity contribution < 1.29 is 8.42 Å². The predicted molar refractivity (Wildman–Crippen MR) is 43.7 cm³/mol. The van der Waals surface area contributed by atoms with Gasteiger partial charge in [0.15, 0.2) is 0 Å². The van der Waals surface area contributed by atoms with Crippen molar-refractivity contribution in [2.24, 2.45) is 0 Å². The lowest BCUT2D eigenvalue weighted by Crippen LogP contribution is -2.20. The summed E-state index contributed by atoms with van der Waals surface area (Å²) in [6.45, 7) is 0. The molecule has 0 aliphatic heterocycles. The van der Waals surface area contributed by atoms with Crippen LogP contribution in [0.5, 0.6) is 0 Å². The number of nitrogens with zero attached hydrogens (tertiary/aromatic N) is 2. The van der Waals surface area contributed by atoms with Gasteiger partial charge in [0.1, 0.15) is 6.33 Å². The molecule has 1 aromatic rings. The van der Waals surface area contributed by atoms with Crippen LogP contribution in [0.1, 0.15) is 5.56 Å². The molecule has 5 nitrogen and oxygen atoms in total. The van der Waals surface area contributed by atoms with E-state index in [9.17, 15) is 8.42 Å². The second kappa shape index (κ2) is 3.59. The summed E-state index contributed by atoms with van der Waals surface area (Å²) in [5.74, 6) is -0.0790. The highest BCUT2D eigenvalue weighted by atomic mass is 32.2. The lowest BCUT2D eigenvalue weighted by molar-refractivity contribution is 0.587. The van der Waals surface area contributed by atoms with E-state index >= 15 is 0 Å². The minimum absolute atomic E-state index is 0.0790. The van der Waals surface area contributed by atoms with E-state index in [2.05, 4.69) is 14.7 Å². The van der Waals surface area contributed by atoms with Gasteiger partial charge in [-0.3, -0.25) is 0 Å². The maximum atomic E-state index is 11.0. The third kappa shape index (κ3) is 2.55. The first-order chi connectivity index (χ1) is 5.64. The maximum absolute atomic E-state index is 11.0. The summed E-state index contributed by atoms with van der Waals surface area (Å²) in [6.07, 6.45) is 4.30. The standard InChI is InChI=1S/C6H9N3O2S/c1-7-12(10,11)4-6-2-8-5-9-3-6/h2-3,5,7H,4H2,1H3. The van der Waals surface area contributed by atoms with E-state index in [0.29, 0.717) is 5.56 Å². The van der Waals surface area contributed by atoms with Gasteiger partial charge in [0.25, 0.3) is 0 Å². The molecular formula is C6H9N3O2S. The van der Waals surface area contributed by atoms with Crippen molar-refractivity contribution in [3.05, 3.63) is 24.3 Å². The molecule has 1 heterocycles. The van der Waals surface area contributed by atoms with E-state index < -0.39 is 10.0 Å². The van der Waals surface area contributed by atoms with Crippen LogP contribution in [0.4, 0.5) is 0 Å². The van der Waals surface area contributed by atoms with Gasteiger partial charge in [-0.25, -0.2) is 23.1 Å². The van der Waals surface area contributed by atoms with Gasteiger partial charge in [-0.1, -0.05) is 0 Å². The zero-order valence-electron chi connectivity index (χ0n) is 6.56. The average Bonchev–Trinajstić information content (AvgIpc) is 2.06. The van der Waals surface area contributed by atoms with Gasteiger partial charge in [0.05, 0.1) is 5.75 Å². The number of hydrogen-bond acceptors (Lipinski definition) is 4. The van der Waals surface area contributed by atoms with Gasteiger partial charge in [-0.05, 0) is 7.05 Å². The minimum Gasteiger partial charge on any atom is -0.245 e. The monoisotopic (exact) mass is 187 g/mol. The molecule has 0 fully saturated rings. The van der Waals surface area contributed by atoms with Crippen molar-refractivity contribution in [3.8, 4) is 0 Å². The molecule has 0 saturated heterocycles. The van der Waals surface area contributed by atoms with E-state index in [-0.39, 0.29) is 5.75 Å². The molecule has 0 bridgehead atoms. The Kier molecular flexibility index (Phi) is 2.72. The predicted octanol–water partition coefficient (Wildman–Crippen LogP) is -0.474. The van der Waals surface area contributed by atoms with Crippen LogP contribution in [-0.4, -0.2) is 25.4 Å². The summed E-state index contributed by atoms with van der Waals surface area (Å²) < 4.78 is 24.2. The van der Waals surface area contributed by atoms with E-state index in [1.807, 2.05) is 0 Å². The Morgan fingerprint density at radius 3 is 2.50 bits per heavy atom. The molecule has 6 heteroatoms. The molecule has 0 aromatic carbocycles. The normalized spacial score (nSPS) is 11.4. The van der Waals surface area contributed by atoms with Crippen molar-refractivity contribution in [2.45, 2.75) is 5.75 Å². The van der Waals surface area contributed by atoms with E-state index in [1.165, 1.54) is 25.8 Å². The largest absolute Gasteiger partial charge is 0.245 e. The van der Waals surface area contributed by atoms with Crippen LogP contribution in [0.3, 0.4) is 0 Å². The van der Waals surface area contributed by atoms with Gasteiger partial charge >= 0.3 is 0 Å². The fraction of sp³-hybridized carbons (Fsp3) is 0.333. The minimum atomic E-state index is -3.20. The fourth-order valence-electron chi connectivity index (χ4n) is 0.696. The Balaban J connectivity index is 2.78. The summed E-state index contributed by atoms with van der Waals surface area (Å²) in [4.78, 5) is 7.40. The first-order valence-corrected chi connectivity index (χ1v) is 4.94. The summed E-state index contributed by atoms with van der Waals surface area (Å²) in [6, 6.07) is 0. The molecule has 1 aromatic heterocycles. The molecule has 1 rings (SSSR count). The lowest BCUT2D eigenvalue weighted by Gasteiger charge is -1.99. The average molecular weight is 187 g/mol. The molecule has 66 valence electrons. The van der Waals surface area contributed by atoms with E-state index in [4.69, 9.17) is 0 Å². The van der Waals surface area contributed by atoms with Crippen molar-refractivity contribution in [1.82, 2.24) is 14.7 Å². The van der Waals surface area contributed by atoms with Crippen molar-refractivity contribution >= 4 is 10.0 Å². The SMILES string of the molecule is CNS(=O)(=O)Cc1cncnc1. The number of rotatable bonds is 3. The van der Waals surface area contributed by atoms with Crippen molar-refractivity contribution in [1.29, 1.82) is 0 Å². The third-order valence-corrected chi connectivity index (χ3v) is 2.62. The topological polar surface area (TPSA) is 72.0 Å². The zero-order valence-corrected chi connectivity index (χ0v) is 7.37. The lowest BCUT2D eigenvalue weighted by atomic mass is 10.4. The summed E-state index contributed by atoms with van der Waals surface area (Å²) in [5.41, 5.74) is 0.576. The molecule has 0 aliphatic rings. The highest BCUT2D eigenvalue weighted by molar-refractivity contribution is 7.88. The number of aromatic nitrogens is 2. The third-order valence-electron chi connectivity index (χ3n) is 1.28. The summed E-state index contributed by atoms with van der Waals surface area (Å²) in [5, 5.41) is 0. The Labute approximate surface area is 70.9 Å². The van der Waals surface area contributed by atoms with Crippen LogP contribution in [0.2, 0.25) is 0 Å². The smallest absolute Gasteiger partial charge is 0.215 e. The van der Waals surface area contributed by atoms with Crippen LogP contribution < -0.4 is 4.72 Å². The molecule has 0 radical (unpaired) electrons. The van der Waals surface area contributed by atoms with Gasteiger partial charge in [0.2, 0.25) is 10.0 Å². The highest BCUT2D eigenvalue weighted by Crippen LogP contribution is 1.99. The van der Waals surface area contributed by atoms with Crippen LogP contribution in [0, 0.1) is 0 Å². The van der Waals surface area contributed by atoms with Gasteiger partial charge in [-0.15, -0.1) is 0 Å².